The Hall–Kier alpha value is -5.16. The molecule has 0 unspecified atom stereocenters. The van der Waals surface area contributed by atoms with Gasteiger partial charge in [-0.05, 0) is 48.5 Å². The summed E-state index contributed by atoms with van der Waals surface area (Å²) in [6, 6.07) is 21.7. The highest BCUT2D eigenvalue weighted by atomic mass is 16.5. The maximum atomic E-state index is 12.8. The Bertz CT molecular complexity index is 1550. The number of nitrogens with two attached hydrogens (primary N) is 1. The molecule has 4 aromatic rings. The Morgan fingerprint density at radius 1 is 1.08 bits per heavy atom. The molecule has 198 valence electrons. The number of benzene rings is 3. The highest BCUT2D eigenvalue weighted by Gasteiger charge is 2.34. The van der Waals surface area contributed by atoms with Gasteiger partial charge in [0, 0.05) is 29.0 Å². The zero-order valence-electron chi connectivity index (χ0n) is 21.0. The maximum absolute atomic E-state index is 12.8. The van der Waals surface area contributed by atoms with Crippen LogP contribution in [0.2, 0.25) is 0 Å². The topological polar surface area (TPSA) is 156 Å². The standard InChI is InChI=1S/C28H26N6O5/c1-38-28(37)23-16-34(12-13-35)27(36)24(23)30-20-6-2-4-17(14-20)25-31-26(33-32-25)18-5-3-7-22(15-18)39-21-10-8-19(29)9-11-21/h2-11,14-15,30,35H,12-13,16,29H2,1H3,(H,31,32,33). The number of carbonyl (C=O) groups is 2. The van der Waals surface area contributed by atoms with Crippen LogP contribution in [0.25, 0.3) is 22.8 Å². The Morgan fingerprint density at radius 2 is 1.85 bits per heavy atom. The minimum atomic E-state index is -0.608. The lowest BCUT2D eigenvalue weighted by Gasteiger charge is -2.15. The number of esters is 1. The summed E-state index contributed by atoms with van der Waals surface area (Å²) in [6.07, 6.45) is 0. The van der Waals surface area contributed by atoms with Crippen molar-refractivity contribution in [2.24, 2.45) is 0 Å². The lowest BCUT2D eigenvalue weighted by molar-refractivity contribution is -0.136. The largest absolute Gasteiger partial charge is 0.466 e. The summed E-state index contributed by atoms with van der Waals surface area (Å²) >= 11 is 0. The molecule has 1 aliphatic heterocycles. The molecule has 1 aromatic heterocycles. The molecule has 11 nitrogen and oxygen atoms in total. The second-order valence-electron chi connectivity index (χ2n) is 8.71. The number of H-pyrrole nitrogens is 1. The number of nitrogen functional groups attached to an aromatic ring is 1. The van der Waals surface area contributed by atoms with Crippen LogP contribution in [-0.2, 0) is 14.3 Å². The molecule has 0 aliphatic carbocycles. The number of aromatic nitrogens is 3. The van der Waals surface area contributed by atoms with Crippen molar-refractivity contribution in [1.29, 1.82) is 0 Å². The highest BCUT2D eigenvalue weighted by molar-refractivity contribution is 6.08. The number of methoxy groups -OCH3 is 1. The van der Waals surface area contributed by atoms with E-state index in [9.17, 15) is 14.7 Å². The third-order valence-corrected chi connectivity index (χ3v) is 6.05. The van der Waals surface area contributed by atoms with Crippen molar-refractivity contribution in [3.05, 3.63) is 84.1 Å². The number of nitrogens with one attached hydrogen (secondary N) is 2. The van der Waals surface area contributed by atoms with Gasteiger partial charge in [0.05, 0.1) is 25.8 Å². The van der Waals surface area contributed by atoms with Crippen LogP contribution < -0.4 is 15.8 Å². The van der Waals surface area contributed by atoms with Crippen LogP contribution in [0.4, 0.5) is 11.4 Å². The van der Waals surface area contributed by atoms with E-state index in [4.69, 9.17) is 15.2 Å². The van der Waals surface area contributed by atoms with Gasteiger partial charge in [-0.1, -0.05) is 24.3 Å². The summed E-state index contributed by atoms with van der Waals surface area (Å²) < 4.78 is 10.8. The first kappa shape index (κ1) is 25.5. The average molecular weight is 527 g/mol. The fraction of sp³-hybridized carbons (Fsp3) is 0.143. The third kappa shape index (κ3) is 5.58. The van der Waals surface area contributed by atoms with Gasteiger partial charge in [-0.2, -0.15) is 5.10 Å². The molecule has 1 aliphatic rings. The van der Waals surface area contributed by atoms with Crippen LogP contribution in [-0.4, -0.2) is 63.9 Å². The lowest BCUT2D eigenvalue weighted by atomic mass is 10.1. The molecule has 0 radical (unpaired) electrons. The van der Waals surface area contributed by atoms with Crippen molar-refractivity contribution < 1.29 is 24.2 Å². The number of β-amino-alcohol motifs (C(OH)–C–C–N with tert-alkyl or cyclic N) is 1. The fourth-order valence-corrected chi connectivity index (χ4v) is 4.13. The molecule has 3 aromatic carbocycles. The van der Waals surface area contributed by atoms with E-state index in [1.165, 1.54) is 12.0 Å². The van der Waals surface area contributed by atoms with Crippen molar-refractivity contribution in [3.63, 3.8) is 0 Å². The molecule has 0 saturated heterocycles. The zero-order chi connectivity index (χ0) is 27.4. The zero-order valence-corrected chi connectivity index (χ0v) is 21.0. The number of ether oxygens (including phenoxy) is 2. The van der Waals surface area contributed by atoms with Crippen LogP contribution in [0.5, 0.6) is 11.5 Å². The molecule has 1 amide bonds. The number of aliphatic hydroxyl groups excluding tert-OH is 1. The van der Waals surface area contributed by atoms with Gasteiger partial charge in [-0.25, -0.2) is 9.78 Å². The Labute approximate surface area is 223 Å². The van der Waals surface area contributed by atoms with Crippen molar-refractivity contribution in [2.75, 3.05) is 37.9 Å². The number of hydrogen-bond acceptors (Lipinski definition) is 9. The van der Waals surface area contributed by atoms with Gasteiger partial charge in [0.15, 0.2) is 11.6 Å². The molecular weight excluding hydrogens is 500 g/mol. The molecule has 0 fully saturated rings. The van der Waals surface area contributed by atoms with E-state index in [1.807, 2.05) is 30.3 Å². The summed E-state index contributed by atoms with van der Waals surface area (Å²) in [5.41, 5.74) is 8.74. The summed E-state index contributed by atoms with van der Waals surface area (Å²) in [5, 5.41) is 19.6. The lowest BCUT2D eigenvalue weighted by Crippen LogP contribution is -2.31. The van der Waals surface area contributed by atoms with E-state index in [1.54, 1.807) is 42.5 Å². The minimum absolute atomic E-state index is 0.0550. The van der Waals surface area contributed by atoms with Gasteiger partial charge in [-0.15, -0.1) is 0 Å². The van der Waals surface area contributed by atoms with Crippen molar-refractivity contribution in [1.82, 2.24) is 20.1 Å². The predicted molar refractivity (Wildman–Crippen MR) is 145 cm³/mol. The summed E-state index contributed by atoms with van der Waals surface area (Å²) in [5.74, 6) is 1.29. The molecule has 0 bridgehead atoms. The summed E-state index contributed by atoms with van der Waals surface area (Å²) in [6.45, 7) is -0.0528. The van der Waals surface area contributed by atoms with Gasteiger partial charge >= 0.3 is 5.97 Å². The van der Waals surface area contributed by atoms with Crippen LogP contribution >= 0.6 is 0 Å². The minimum Gasteiger partial charge on any atom is -0.466 e. The maximum Gasteiger partial charge on any atom is 0.337 e. The molecule has 0 saturated carbocycles. The number of aliphatic hydroxyl groups is 1. The molecule has 2 heterocycles. The molecule has 5 N–H and O–H groups in total. The predicted octanol–water partition coefficient (Wildman–Crippen LogP) is 3.19. The number of amides is 1. The fourth-order valence-electron chi connectivity index (χ4n) is 4.13. The van der Waals surface area contributed by atoms with Crippen molar-refractivity contribution in [3.8, 4) is 34.3 Å². The number of aromatic amines is 1. The molecule has 11 heteroatoms. The molecular formula is C28H26N6O5. The second-order valence-corrected chi connectivity index (χ2v) is 8.71. The Kier molecular flexibility index (Phi) is 7.23. The van der Waals surface area contributed by atoms with E-state index in [0.29, 0.717) is 40.1 Å². The number of anilines is 2. The van der Waals surface area contributed by atoms with Crippen molar-refractivity contribution in [2.45, 2.75) is 0 Å². The number of hydrogen-bond donors (Lipinski definition) is 4. The first-order valence-electron chi connectivity index (χ1n) is 12.1. The van der Waals surface area contributed by atoms with E-state index >= 15 is 0 Å². The monoisotopic (exact) mass is 526 g/mol. The van der Waals surface area contributed by atoms with Crippen LogP contribution in [0.1, 0.15) is 0 Å². The Balaban J connectivity index is 1.36. The number of nitrogens with zero attached hydrogens (tertiary/aromatic N) is 3. The van der Waals surface area contributed by atoms with Gasteiger partial charge < -0.3 is 30.5 Å². The van der Waals surface area contributed by atoms with Crippen LogP contribution in [0.15, 0.2) is 84.1 Å². The Morgan fingerprint density at radius 3 is 2.62 bits per heavy atom. The van der Waals surface area contributed by atoms with Gasteiger partial charge in [0.25, 0.3) is 5.91 Å². The molecule has 39 heavy (non-hydrogen) atoms. The average Bonchev–Trinajstić information content (AvgIpc) is 3.56. The van der Waals surface area contributed by atoms with Gasteiger partial charge in [0.2, 0.25) is 0 Å². The van der Waals surface area contributed by atoms with Gasteiger partial charge in [0.1, 0.15) is 17.2 Å². The van der Waals surface area contributed by atoms with Gasteiger partial charge in [-0.3, -0.25) is 9.89 Å². The molecule has 0 spiro atoms. The molecule has 5 rings (SSSR count). The van der Waals surface area contributed by atoms with Crippen molar-refractivity contribution >= 4 is 23.3 Å². The third-order valence-electron chi connectivity index (χ3n) is 6.05. The van der Waals surface area contributed by atoms with Crippen LogP contribution in [0, 0.1) is 0 Å². The quantitative estimate of drug-likeness (QED) is 0.190. The van der Waals surface area contributed by atoms with E-state index in [0.717, 1.165) is 5.56 Å². The second kappa shape index (κ2) is 11.1. The number of carbonyl (C=O) groups excluding carboxylic acids is 2. The van der Waals surface area contributed by atoms with E-state index < -0.39 is 11.9 Å². The molecule has 0 atom stereocenters. The van der Waals surface area contributed by atoms with E-state index in [2.05, 4.69) is 20.5 Å². The highest BCUT2D eigenvalue weighted by Crippen LogP contribution is 2.29. The first-order valence-corrected chi connectivity index (χ1v) is 12.1. The summed E-state index contributed by atoms with van der Waals surface area (Å²) in [4.78, 5) is 31.1. The first-order chi connectivity index (χ1) is 18.9. The summed E-state index contributed by atoms with van der Waals surface area (Å²) in [7, 11) is 1.26. The normalized spacial score (nSPS) is 13.1. The van der Waals surface area contributed by atoms with E-state index in [-0.39, 0.29) is 31.0 Å². The van der Waals surface area contributed by atoms with Crippen LogP contribution in [0.3, 0.4) is 0 Å². The SMILES string of the molecule is COC(=O)C1=C(Nc2cccc(-c3n[nH]c(-c4cccc(Oc5ccc(N)cc5)c4)n3)c2)C(=O)N(CCO)C1. The smallest absolute Gasteiger partial charge is 0.337 e. The number of rotatable bonds is 9.